The summed E-state index contributed by atoms with van der Waals surface area (Å²) in [5, 5.41) is 3.33. The molecule has 29 heavy (non-hydrogen) atoms. The Bertz CT molecular complexity index is 865. The lowest BCUT2D eigenvalue weighted by molar-refractivity contribution is 0.0137. The summed E-state index contributed by atoms with van der Waals surface area (Å²) in [6.07, 6.45) is 0.921. The van der Waals surface area contributed by atoms with E-state index in [4.69, 9.17) is 4.74 Å². The summed E-state index contributed by atoms with van der Waals surface area (Å²) >= 11 is 0. The molecule has 2 aliphatic rings. The van der Waals surface area contributed by atoms with Gasteiger partial charge in [-0.1, -0.05) is 12.1 Å². The van der Waals surface area contributed by atoms with Crippen LogP contribution in [0.3, 0.4) is 0 Å². The molecular formula is C19H29IN4O4S. The Morgan fingerprint density at radius 2 is 1.90 bits per heavy atom. The first-order valence-electron chi connectivity index (χ1n) is 9.35. The van der Waals surface area contributed by atoms with Crippen LogP contribution in [0.15, 0.2) is 34.2 Å². The largest absolute Gasteiger partial charge is 0.444 e. The molecule has 3 rings (SSSR count). The number of nitrogens with zero attached hydrogens (tertiary/aromatic N) is 3. The van der Waals surface area contributed by atoms with Crippen molar-refractivity contribution in [2.45, 2.75) is 43.9 Å². The number of benzene rings is 1. The maximum atomic E-state index is 12.3. The second-order valence-electron chi connectivity index (χ2n) is 8.21. The van der Waals surface area contributed by atoms with Gasteiger partial charge in [0.1, 0.15) is 5.60 Å². The van der Waals surface area contributed by atoms with Crippen LogP contribution in [0, 0.1) is 0 Å². The molecule has 1 amide bonds. The van der Waals surface area contributed by atoms with Crippen LogP contribution in [0.5, 0.6) is 0 Å². The van der Waals surface area contributed by atoms with Gasteiger partial charge in [-0.05, 0) is 38.5 Å². The quantitative estimate of drug-likeness (QED) is 0.596. The van der Waals surface area contributed by atoms with Gasteiger partial charge in [0.25, 0.3) is 0 Å². The molecule has 1 aromatic rings. The molecule has 0 spiro atoms. The Labute approximate surface area is 189 Å². The Morgan fingerprint density at radius 1 is 1.24 bits per heavy atom. The molecule has 2 aliphatic heterocycles. The number of aliphatic imine (C=N–C) groups is 1. The van der Waals surface area contributed by atoms with Gasteiger partial charge in [-0.2, -0.15) is 0 Å². The second kappa shape index (κ2) is 9.07. The number of amides is 1. The fraction of sp³-hybridized carbons (Fsp3) is 0.579. The predicted octanol–water partition coefficient (Wildman–Crippen LogP) is 2.09. The van der Waals surface area contributed by atoms with Gasteiger partial charge in [0, 0.05) is 32.4 Å². The first-order valence-corrected chi connectivity index (χ1v) is 11.2. The monoisotopic (exact) mass is 536 g/mol. The van der Waals surface area contributed by atoms with Crippen molar-refractivity contribution in [3.05, 3.63) is 29.8 Å². The summed E-state index contributed by atoms with van der Waals surface area (Å²) in [6, 6.07) is 6.99. The van der Waals surface area contributed by atoms with Gasteiger partial charge in [-0.3, -0.25) is 4.99 Å². The van der Waals surface area contributed by atoms with Gasteiger partial charge in [0.15, 0.2) is 15.8 Å². The number of ether oxygens (including phenoxy) is 1. The Hall–Kier alpha value is -1.56. The summed E-state index contributed by atoms with van der Waals surface area (Å²) < 4.78 is 28.5. The normalized spacial score (nSPS) is 19.2. The molecule has 1 N–H and O–H groups in total. The van der Waals surface area contributed by atoms with Crippen molar-refractivity contribution >= 4 is 45.9 Å². The van der Waals surface area contributed by atoms with Gasteiger partial charge in [0.05, 0.1) is 17.5 Å². The molecule has 2 heterocycles. The van der Waals surface area contributed by atoms with Gasteiger partial charge >= 0.3 is 6.09 Å². The van der Waals surface area contributed by atoms with Crippen LogP contribution in [-0.2, 0) is 21.1 Å². The highest BCUT2D eigenvalue weighted by Gasteiger charge is 2.36. The van der Waals surface area contributed by atoms with Crippen molar-refractivity contribution in [2.75, 3.05) is 32.4 Å². The van der Waals surface area contributed by atoms with E-state index in [2.05, 4.69) is 15.2 Å². The number of carbonyl (C=O) groups excluding carboxylic acids is 1. The number of piperazine rings is 1. The minimum Gasteiger partial charge on any atom is -0.444 e. The molecule has 1 fully saturated rings. The van der Waals surface area contributed by atoms with Crippen LogP contribution in [-0.4, -0.2) is 74.3 Å². The van der Waals surface area contributed by atoms with Crippen molar-refractivity contribution in [1.29, 1.82) is 0 Å². The number of carbonyl (C=O) groups is 1. The highest BCUT2D eigenvalue weighted by atomic mass is 127. The summed E-state index contributed by atoms with van der Waals surface area (Å²) in [4.78, 5) is 21.1. The maximum Gasteiger partial charge on any atom is 0.410 e. The van der Waals surface area contributed by atoms with Crippen molar-refractivity contribution in [3.8, 4) is 0 Å². The number of fused-ring (bicyclic) bond motifs is 1. The van der Waals surface area contributed by atoms with Crippen LogP contribution in [0.2, 0.25) is 0 Å². The minimum absolute atomic E-state index is 0. The fourth-order valence-corrected chi connectivity index (χ4v) is 3.89. The molecule has 1 unspecified atom stereocenters. The smallest absolute Gasteiger partial charge is 0.410 e. The molecule has 162 valence electrons. The van der Waals surface area contributed by atoms with E-state index in [1.165, 1.54) is 6.26 Å². The standard InChI is InChI=1S/C19H28N4O4S.HI/c1-19(2,3)27-18(24)22-9-10-23-15(13-22)12-21-17(23)20-11-14-5-7-16(8-6-14)28(4,25)26;/h5-8,15H,9-13H2,1-4H3,(H,20,21);1H. The van der Waals surface area contributed by atoms with E-state index >= 15 is 0 Å². The number of hydrogen-bond donors (Lipinski definition) is 1. The van der Waals surface area contributed by atoms with Crippen LogP contribution in [0.25, 0.3) is 0 Å². The van der Waals surface area contributed by atoms with Crippen LogP contribution in [0.4, 0.5) is 4.79 Å². The van der Waals surface area contributed by atoms with E-state index in [-0.39, 0.29) is 36.1 Å². The van der Waals surface area contributed by atoms with Crippen LogP contribution >= 0.6 is 24.0 Å². The minimum atomic E-state index is -3.18. The van der Waals surface area contributed by atoms with Gasteiger partial charge in [0.2, 0.25) is 0 Å². The van der Waals surface area contributed by atoms with E-state index in [1.807, 2.05) is 20.8 Å². The lowest BCUT2D eigenvalue weighted by Crippen LogP contribution is -2.57. The summed E-state index contributed by atoms with van der Waals surface area (Å²) in [5.41, 5.74) is 0.477. The van der Waals surface area contributed by atoms with Crippen molar-refractivity contribution in [3.63, 3.8) is 0 Å². The maximum absolute atomic E-state index is 12.3. The molecule has 0 aliphatic carbocycles. The third kappa shape index (κ3) is 6.21. The molecule has 0 saturated carbocycles. The topological polar surface area (TPSA) is 91.3 Å². The molecule has 1 saturated heterocycles. The fourth-order valence-electron chi connectivity index (χ4n) is 3.26. The van der Waals surface area contributed by atoms with Gasteiger partial charge in [-0.15, -0.1) is 24.0 Å². The summed E-state index contributed by atoms with van der Waals surface area (Å²) in [5.74, 6) is 0.820. The Kier molecular flexibility index (Phi) is 7.42. The molecule has 1 atom stereocenters. The average Bonchev–Trinajstić information content (AvgIpc) is 3.00. The molecule has 0 radical (unpaired) electrons. The zero-order valence-corrected chi connectivity index (χ0v) is 20.4. The molecule has 0 bridgehead atoms. The first-order chi connectivity index (χ1) is 13.0. The third-order valence-corrected chi connectivity index (χ3v) is 5.79. The Balaban J connectivity index is 0.00000300. The zero-order chi connectivity index (χ0) is 20.5. The lowest BCUT2D eigenvalue weighted by atomic mass is 10.2. The number of hydrogen-bond acceptors (Lipinski definition) is 7. The van der Waals surface area contributed by atoms with Crippen LogP contribution in [0.1, 0.15) is 26.3 Å². The molecule has 10 heteroatoms. The molecular weight excluding hydrogens is 507 g/mol. The highest BCUT2D eigenvalue weighted by molar-refractivity contribution is 14.0. The van der Waals surface area contributed by atoms with Crippen LogP contribution < -0.4 is 5.32 Å². The van der Waals surface area contributed by atoms with Crippen molar-refractivity contribution in [2.24, 2.45) is 4.99 Å². The number of rotatable bonds is 3. The predicted molar refractivity (Wildman–Crippen MR) is 122 cm³/mol. The number of guanidine groups is 1. The van der Waals surface area contributed by atoms with Gasteiger partial charge < -0.3 is 19.9 Å². The van der Waals surface area contributed by atoms with E-state index in [0.717, 1.165) is 11.5 Å². The van der Waals surface area contributed by atoms with E-state index in [0.29, 0.717) is 37.6 Å². The van der Waals surface area contributed by atoms with Crippen molar-refractivity contribution in [1.82, 2.24) is 15.1 Å². The molecule has 8 nitrogen and oxygen atoms in total. The van der Waals surface area contributed by atoms with Crippen molar-refractivity contribution < 1.29 is 17.9 Å². The highest BCUT2D eigenvalue weighted by Crippen LogP contribution is 2.19. The molecule has 0 aromatic heterocycles. The van der Waals surface area contributed by atoms with Gasteiger partial charge in [-0.25, -0.2) is 13.2 Å². The molecule has 1 aromatic carbocycles. The van der Waals surface area contributed by atoms with E-state index in [1.54, 1.807) is 29.2 Å². The number of nitrogens with one attached hydrogen (secondary N) is 1. The lowest BCUT2D eigenvalue weighted by Gasteiger charge is -2.39. The third-order valence-electron chi connectivity index (χ3n) is 4.66. The number of sulfone groups is 1. The second-order valence-corrected chi connectivity index (χ2v) is 10.2. The zero-order valence-electron chi connectivity index (χ0n) is 17.2. The summed E-state index contributed by atoms with van der Waals surface area (Å²) in [6.45, 7) is 8.67. The number of halogens is 1. The SMILES string of the molecule is CC(C)(C)OC(=O)N1CCN2C(NCc3ccc(S(C)(=O)=O)cc3)=NCC2C1.I. The van der Waals surface area contributed by atoms with E-state index in [9.17, 15) is 13.2 Å². The average molecular weight is 536 g/mol. The first kappa shape index (κ1) is 23.7. The Morgan fingerprint density at radius 3 is 2.48 bits per heavy atom. The van der Waals surface area contributed by atoms with E-state index < -0.39 is 15.4 Å². The summed E-state index contributed by atoms with van der Waals surface area (Å²) in [7, 11) is -3.18.